The van der Waals surface area contributed by atoms with Crippen molar-refractivity contribution in [2.75, 3.05) is 6.54 Å². The van der Waals surface area contributed by atoms with Crippen LogP contribution in [0, 0.1) is 13.8 Å². The van der Waals surface area contributed by atoms with E-state index in [-0.39, 0.29) is 16.9 Å². The lowest BCUT2D eigenvalue weighted by atomic mass is 10.1. The second-order valence-corrected chi connectivity index (χ2v) is 5.69. The van der Waals surface area contributed by atoms with Crippen molar-refractivity contribution in [1.82, 2.24) is 24.9 Å². The molecule has 3 heterocycles. The molecular formula is C17H17F2N5O. The minimum absolute atomic E-state index is 0.127. The van der Waals surface area contributed by atoms with E-state index in [2.05, 4.69) is 20.4 Å². The first-order valence-corrected chi connectivity index (χ1v) is 7.79. The highest BCUT2D eigenvalue weighted by Gasteiger charge is 2.20. The largest absolute Gasteiger partial charge is 0.351 e. The predicted molar refractivity (Wildman–Crippen MR) is 87.7 cm³/mol. The minimum atomic E-state index is -2.70. The summed E-state index contributed by atoms with van der Waals surface area (Å²) < 4.78 is 27.2. The molecule has 0 atom stereocenters. The van der Waals surface area contributed by atoms with Crippen LogP contribution in [0.15, 0.2) is 30.6 Å². The van der Waals surface area contributed by atoms with Gasteiger partial charge in [0.15, 0.2) is 5.65 Å². The van der Waals surface area contributed by atoms with E-state index < -0.39 is 12.3 Å². The number of nitrogens with zero attached hydrogens (tertiary/aromatic N) is 4. The first-order valence-electron chi connectivity index (χ1n) is 7.79. The average molecular weight is 345 g/mol. The second-order valence-electron chi connectivity index (χ2n) is 5.69. The number of hydrogen-bond donors (Lipinski definition) is 1. The van der Waals surface area contributed by atoms with E-state index in [0.717, 1.165) is 15.8 Å². The SMILES string of the molecule is Cc1cc(C(F)F)n2ncc(C(=O)NCCc3ncccc3C)c2n1. The quantitative estimate of drug-likeness (QED) is 0.772. The molecule has 0 aliphatic carbocycles. The third kappa shape index (κ3) is 3.47. The zero-order valence-electron chi connectivity index (χ0n) is 13.8. The zero-order chi connectivity index (χ0) is 18.0. The van der Waals surface area contributed by atoms with E-state index in [1.54, 1.807) is 13.1 Å². The fraction of sp³-hybridized carbons (Fsp3) is 0.294. The molecule has 0 saturated carbocycles. The molecule has 3 rings (SSSR count). The maximum atomic E-state index is 13.1. The number of halogens is 2. The molecule has 0 fully saturated rings. The third-order valence-electron chi connectivity index (χ3n) is 3.86. The number of aromatic nitrogens is 4. The van der Waals surface area contributed by atoms with Gasteiger partial charge in [-0.2, -0.15) is 5.10 Å². The summed E-state index contributed by atoms with van der Waals surface area (Å²) in [5.41, 5.74) is 2.36. The van der Waals surface area contributed by atoms with E-state index in [1.807, 2.05) is 19.1 Å². The first kappa shape index (κ1) is 16.9. The molecule has 3 aromatic heterocycles. The van der Waals surface area contributed by atoms with Crippen LogP contribution in [0.3, 0.4) is 0 Å². The van der Waals surface area contributed by atoms with Crippen molar-refractivity contribution < 1.29 is 13.6 Å². The Hall–Kier alpha value is -2.90. The molecule has 0 saturated heterocycles. The summed E-state index contributed by atoms with van der Waals surface area (Å²) in [6.45, 7) is 3.93. The first-order chi connectivity index (χ1) is 12.0. The fourth-order valence-electron chi connectivity index (χ4n) is 2.60. The van der Waals surface area contributed by atoms with Crippen molar-refractivity contribution in [2.45, 2.75) is 26.7 Å². The summed E-state index contributed by atoms with van der Waals surface area (Å²) in [5, 5.41) is 6.64. The summed E-state index contributed by atoms with van der Waals surface area (Å²) in [4.78, 5) is 20.8. The fourth-order valence-corrected chi connectivity index (χ4v) is 2.60. The van der Waals surface area contributed by atoms with Crippen LogP contribution in [0.1, 0.15) is 39.4 Å². The Labute approximate surface area is 142 Å². The molecule has 130 valence electrons. The molecule has 6 nitrogen and oxygen atoms in total. The molecule has 25 heavy (non-hydrogen) atoms. The molecule has 0 aromatic carbocycles. The summed E-state index contributed by atoms with van der Waals surface area (Å²) in [6, 6.07) is 5.06. The van der Waals surface area contributed by atoms with Crippen LogP contribution < -0.4 is 5.32 Å². The minimum Gasteiger partial charge on any atom is -0.351 e. The molecule has 8 heteroatoms. The van der Waals surface area contributed by atoms with Gasteiger partial charge in [0.25, 0.3) is 12.3 Å². The van der Waals surface area contributed by atoms with E-state index in [4.69, 9.17) is 0 Å². The van der Waals surface area contributed by atoms with Gasteiger partial charge < -0.3 is 5.32 Å². The van der Waals surface area contributed by atoms with Crippen molar-refractivity contribution >= 4 is 11.6 Å². The Kier molecular flexibility index (Phi) is 4.69. The monoisotopic (exact) mass is 345 g/mol. The predicted octanol–water partition coefficient (Wildman–Crippen LogP) is 2.65. The number of hydrogen-bond acceptors (Lipinski definition) is 4. The van der Waals surface area contributed by atoms with Crippen molar-refractivity contribution in [3.05, 3.63) is 58.8 Å². The van der Waals surface area contributed by atoms with Gasteiger partial charge in [0.2, 0.25) is 0 Å². The third-order valence-corrected chi connectivity index (χ3v) is 3.86. The number of rotatable bonds is 5. The van der Waals surface area contributed by atoms with Gasteiger partial charge in [0, 0.05) is 30.6 Å². The highest BCUT2D eigenvalue weighted by Crippen LogP contribution is 2.21. The smallest absolute Gasteiger partial charge is 0.280 e. The Morgan fingerprint density at radius 3 is 2.88 bits per heavy atom. The molecule has 3 aromatic rings. The van der Waals surface area contributed by atoms with Gasteiger partial charge in [-0.1, -0.05) is 6.07 Å². The van der Waals surface area contributed by atoms with Crippen LogP contribution in [0.25, 0.3) is 5.65 Å². The Morgan fingerprint density at radius 1 is 1.36 bits per heavy atom. The van der Waals surface area contributed by atoms with Crippen LogP contribution in [-0.4, -0.2) is 32.0 Å². The van der Waals surface area contributed by atoms with E-state index in [1.165, 1.54) is 12.3 Å². The lowest BCUT2D eigenvalue weighted by Gasteiger charge is -2.07. The van der Waals surface area contributed by atoms with E-state index in [0.29, 0.717) is 18.7 Å². The number of aryl methyl sites for hydroxylation is 2. The Bertz CT molecular complexity index is 923. The van der Waals surface area contributed by atoms with Gasteiger partial charge in [0.05, 0.1) is 6.20 Å². The summed E-state index contributed by atoms with van der Waals surface area (Å²) in [5.74, 6) is -0.401. The number of carbonyl (C=O) groups is 1. The highest BCUT2D eigenvalue weighted by atomic mass is 19.3. The summed E-state index contributed by atoms with van der Waals surface area (Å²) in [7, 11) is 0. The Morgan fingerprint density at radius 2 is 2.16 bits per heavy atom. The number of amides is 1. The van der Waals surface area contributed by atoms with Crippen molar-refractivity contribution in [3.8, 4) is 0 Å². The van der Waals surface area contributed by atoms with Gasteiger partial charge >= 0.3 is 0 Å². The van der Waals surface area contributed by atoms with Gasteiger partial charge in [0.1, 0.15) is 11.3 Å². The molecule has 0 spiro atoms. The zero-order valence-corrected chi connectivity index (χ0v) is 13.8. The van der Waals surface area contributed by atoms with Crippen molar-refractivity contribution in [3.63, 3.8) is 0 Å². The lowest BCUT2D eigenvalue weighted by molar-refractivity contribution is 0.0955. The van der Waals surface area contributed by atoms with Crippen LogP contribution >= 0.6 is 0 Å². The van der Waals surface area contributed by atoms with Gasteiger partial charge in [-0.3, -0.25) is 9.78 Å². The number of pyridine rings is 1. The summed E-state index contributed by atoms with van der Waals surface area (Å²) in [6.07, 6.45) is 0.835. The average Bonchev–Trinajstić information content (AvgIpc) is 2.99. The molecule has 0 bridgehead atoms. The van der Waals surface area contributed by atoms with E-state index in [9.17, 15) is 13.6 Å². The maximum Gasteiger partial charge on any atom is 0.280 e. The topological polar surface area (TPSA) is 72.2 Å². The molecule has 0 radical (unpaired) electrons. The molecular weight excluding hydrogens is 328 g/mol. The normalized spacial score (nSPS) is 11.2. The molecule has 1 amide bonds. The number of nitrogens with one attached hydrogen (secondary N) is 1. The molecule has 0 unspecified atom stereocenters. The van der Waals surface area contributed by atoms with Crippen LogP contribution in [0.5, 0.6) is 0 Å². The van der Waals surface area contributed by atoms with Crippen molar-refractivity contribution in [2.24, 2.45) is 0 Å². The molecule has 0 aliphatic heterocycles. The van der Waals surface area contributed by atoms with Crippen LogP contribution in [0.4, 0.5) is 8.78 Å². The van der Waals surface area contributed by atoms with Gasteiger partial charge in [-0.05, 0) is 31.5 Å². The van der Waals surface area contributed by atoms with Gasteiger partial charge in [-0.25, -0.2) is 18.3 Å². The Balaban J connectivity index is 1.77. The second kappa shape index (κ2) is 6.92. The summed E-state index contributed by atoms with van der Waals surface area (Å²) >= 11 is 0. The van der Waals surface area contributed by atoms with Crippen LogP contribution in [0.2, 0.25) is 0 Å². The van der Waals surface area contributed by atoms with Crippen molar-refractivity contribution in [1.29, 1.82) is 0 Å². The molecule has 0 aliphatic rings. The lowest BCUT2D eigenvalue weighted by Crippen LogP contribution is -2.26. The van der Waals surface area contributed by atoms with Crippen LogP contribution in [-0.2, 0) is 6.42 Å². The highest BCUT2D eigenvalue weighted by molar-refractivity contribution is 5.99. The molecule has 1 N–H and O–H groups in total. The number of alkyl halides is 2. The standard InChI is InChI=1S/C17H17F2N5O/c1-10-4-3-6-20-13(10)5-7-21-17(25)12-9-22-24-14(15(18)19)8-11(2)23-16(12)24/h3-4,6,8-9,15H,5,7H2,1-2H3,(H,21,25). The maximum absolute atomic E-state index is 13.1. The van der Waals surface area contributed by atoms with Gasteiger partial charge in [-0.15, -0.1) is 0 Å². The number of carbonyl (C=O) groups excluding carboxylic acids is 1. The number of fused-ring (bicyclic) bond motifs is 1. The van der Waals surface area contributed by atoms with E-state index >= 15 is 0 Å².